The van der Waals surface area contributed by atoms with Crippen LogP contribution in [0, 0.1) is 5.92 Å². The number of hydrogen-bond acceptors (Lipinski definition) is 3. The van der Waals surface area contributed by atoms with Gasteiger partial charge >= 0.3 is 5.97 Å². The van der Waals surface area contributed by atoms with E-state index in [1.807, 2.05) is 44.2 Å². The predicted molar refractivity (Wildman–Crippen MR) is 95.0 cm³/mol. The summed E-state index contributed by atoms with van der Waals surface area (Å²) >= 11 is 0. The van der Waals surface area contributed by atoms with Crippen molar-refractivity contribution in [2.24, 2.45) is 5.92 Å². The minimum Gasteiger partial charge on any atom is -0.462 e. The highest BCUT2D eigenvalue weighted by molar-refractivity contribution is 5.93. The smallest absolute Gasteiger partial charge is 0.338 e. The highest BCUT2D eigenvalue weighted by atomic mass is 16.5. The zero-order valence-corrected chi connectivity index (χ0v) is 14.1. The Hall–Kier alpha value is -2.62. The van der Waals surface area contributed by atoms with Gasteiger partial charge in [-0.25, -0.2) is 4.79 Å². The SMILES string of the molecule is CC(C)COC(=O)c1ccc(NC(=O)CCc2ccccc2)cc1. The molecule has 0 unspecified atom stereocenters. The van der Waals surface area contributed by atoms with Crippen molar-refractivity contribution in [2.75, 3.05) is 11.9 Å². The molecular weight excluding hydrogens is 302 g/mol. The molecule has 24 heavy (non-hydrogen) atoms. The average Bonchev–Trinajstić information content (AvgIpc) is 2.59. The second-order valence-electron chi connectivity index (χ2n) is 6.10. The zero-order chi connectivity index (χ0) is 17.4. The summed E-state index contributed by atoms with van der Waals surface area (Å²) in [6, 6.07) is 16.6. The molecule has 2 aromatic carbocycles. The topological polar surface area (TPSA) is 55.4 Å². The van der Waals surface area contributed by atoms with Crippen molar-refractivity contribution in [1.82, 2.24) is 0 Å². The molecule has 1 amide bonds. The van der Waals surface area contributed by atoms with E-state index in [4.69, 9.17) is 4.74 Å². The van der Waals surface area contributed by atoms with E-state index >= 15 is 0 Å². The van der Waals surface area contributed by atoms with Crippen molar-refractivity contribution >= 4 is 17.6 Å². The first-order valence-electron chi connectivity index (χ1n) is 8.15. The van der Waals surface area contributed by atoms with Gasteiger partial charge in [0, 0.05) is 12.1 Å². The van der Waals surface area contributed by atoms with Crippen LogP contribution in [0.2, 0.25) is 0 Å². The average molecular weight is 325 g/mol. The van der Waals surface area contributed by atoms with Gasteiger partial charge < -0.3 is 10.1 Å². The lowest BCUT2D eigenvalue weighted by Crippen LogP contribution is -2.13. The van der Waals surface area contributed by atoms with Gasteiger partial charge in [-0.3, -0.25) is 4.79 Å². The minimum atomic E-state index is -0.342. The van der Waals surface area contributed by atoms with Crippen molar-refractivity contribution < 1.29 is 14.3 Å². The van der Waals surface area contributed by atoms with Crippen LogP contribution in [-0.4, -0.2) is 18.5 Å². The van der Waals surface area contributed by atoms with Gasteiger partial charge in [-0.15, -0.1) is 0 Å². The molecule has 0 aromatic heterocycles. The molecule has 0 heterocycles. The molecule has 0 fully saturated rings. The molecule has 0 saturated carbocycles. The maximum Gasteiger partial charge on any atom is 0.338 e. The first kappa shape index (κ1) is 17.7. The van der Waals surface area contributed by atoms with E-state index in [0.717, 1.165) is 5.56 Å². The van der Waals surface area contributed by atoms with Gasteiger partial charge in [-0.2, -0.15) is 0 Å². The van der Waals surface area contributed by atoms with Crippen LogP contribution < -0.4 is 5.32 Å². The molecule has 0 bridgehead atoms. The van der Waals surface area contributed by atoms with Crippen molar-refractivity contribution in [3.05, 3.63) is 65.7 Å². The van der Waals surface area contributed by atoms with Crippen LogP contribution >= 0.6 is 0 Å². The zero-order valence-electron chi connectivity index (χ0n) is 14.1. The van der Waals surface area contributed by atoms with E-state index in [-0.39, 0.29) is 11.9 Å². The largest absolute Gasteiger partial charge is 0.462 e. The van der Waals surface area contributed by atoms with E-state index in [1.165, 1.54) is 0 Å². The normalized spacial score (nSPS) is 10.5. The predicted octanol–water partition coefficient (Wildman–Crippen LogP) is 4.07. The fraction of sp³-hybridized carbons (Fsp3) is 0.300. The summed E-state index contributed by atoms with van der Waals surface area (Å²) in [5.41, 5.74) is 2.29. The number of nitrogens with one attached hydrogen (secondary N) is 1. The molecule has 2 aromatic rings. The van der Waals surface area contributed by atoms with Crippen molar-refractivity contribution in [2.45, 2.75) is 26.7 Å². The van der Waals surface area contributed by atoms with Crippen LogP contribution in [0.3, 0.4) is 0 Å². The van der Waals surface area contributed by atoms with Gasteiger partial charge in [0.15, 0.2) is 0 Å². The molecule has 0 aliphatic rings. The molecule has 126 valence electrons. The Balaban J connectivity index is 1.82. The van der Waals surface area contributed by atoms with E-state index in [1.54, 1.807) is 24.3 Å². The van der Waals surface area contributed by atoms with Crippen molar-refractivity contribution in [3.8, 4) is 0 Å². The number of carbonyl (C=O) groups is 2. The monoisotopic (exact) mass is 325 g/mol. The number of esters is 1. The fourth-order valence-corrected chi connectivity index (χ4v) is 2.14. The maximum atomic E-state index is 12.0. The number of hydrogen-bond donors (Lipinski definition) is 1. The highest BCUT2D eigenvalue weighted by Crippen LogP contribution is 2.12. The second-order valence-corrected chi connectivity index (χ2v) is 6.10. The van der Waals surface area contributed by atoms with Crippen molar-refractivity contribution in [1.29, 1.82) is 0 Å². The number of benzene rings is 2. The Labute approximate surface area is 142 Å². The molecule has 0 radical (unpaired) electrons. The summed E-state index contributed by atoms with van der Waals surface area (Å²) in [5, 5.41) is 2.84. The maximum absolute atomic E-state index is 12.0. The van der Waals surface area contributed by atoms with Crippen LogP contribution in [0.25, 0.3) is 0 Å². The van der Waals surface area contributed by atoms with Crippen LogP contribution in [-0.2, 0) is 16.0 Å². The number of amides is 1. The lowest BCUT2D eigenvalue weighted by atomic mass is 10.1. The van der Waals surface area contributed by atoms with Gasteiger partial charge in [0.2, 0.25) is 5.91 Å². The van der Waals surface area contributed by atoms with Gasteiger partial charge in [0.25, 0.3) is 0 Å². The summed E-state index contributed by atoms with van der Waals surface area (Å²) in [6.45, 7) is 4.37. The molecular formula is C20H23NO3. The van der Waals surface area contributed by atoms with E-state index < -0.39 is 0 Å². The van der Waals surface area contributed by atoms with E-state index in [2.05, 4.69) is 5.32 Å². The number of aryl methyl sites for hydroxylation is 1. The standard InChI is InChI=1S/C20H23NO3/c1-15(2)14-24-20(23)17-9-11-18(12-10-17)21-19(22)13-8-16-6-4-3-5-7-16/h3-7,9-12,15H,8,13-14H2,1-2H3,(H,21,22). The summed E-state index contributed by atoms with van der Waals surface area (Å²) in [5.74, 6) is -0.0863. The van der Waals surface area contributed by atoms with Gasteiger partial charge in [-0.05, 0) is 42.2 Å². The van der Waals surface area contributed by atoms with Crippen LogP contribution in [0.4, 0.5) is 5.69 Å². The number of rotatable bonds is 7. The molecule has 0 aliphatic heterocycles. The highest BCUT2D eigenvalue weighted by Gasteiger charge is 2.09. The lowest BCUT2D eigenvalue weighted by molar-refractivity contribution is -0.116. The first-order chi connectivity index (χ1) is 11.5. The van der Waals surface area contributed by atoms with E-state index in [0.29, 0.717) is 36.6 Å². The molecule has 0 spiro atoms. The third-order valence-electron chi connectivity index (χ3n) is 3.44. The number of ether oxygens (including phenoxy) is 1. The Morgan fingerprint density at radius 3 is 2.29 bits per heavy atom. The summed E-state index contributed by atoms with van der Waals surface area (Å²) in [4.78, 5) is 23.8. The molecule has 4 nitrogen and oxygen atoms in total. The van der Waals surface area contributed by atoms with Crippen molar-refractivity contribution in [3.63, 3.8) is 0 Å². The minimum absolute atomic E-state index is 0.0472. The summed E-state index contributed by atoms with van der Waals surface area (Å²) < 4.78 is 5.17. The Morgan fingerprint density at radius 1 is 1.00 bits per heavy atom. The Morgan fingerprint density at radius 2 is 1.67 bits per heavy atom. The van der Waals surface area contributed by atoms with Gasteiger partial charge in [-0.1, -0.05) is 44.2 Å². The molecule has 0 saturated heterocycles. The van der Waals surface area contributed by atoms with Crippen LogP contribution in [0.1, 0.15) is 36.2 Å². The van der Waals surface area contributed by atoms with E-state index in [9.17, 15) is 9.59 Å². The number of carbonyl (C=O) groups excluding carboxylic acids is 2. The molecule has 4 heteroatoms. The molecule has 2 rings (SSSR count). The van der Waals surface area contributed by atoms with Crippen LogP contribution in [0.15, 0.2) is 54.6 Å². The molecule has 0 aliphatic carbocycles. The lowest BCUT2D eigenvalue weighted by Gasteiger charge is -2.08. The molecule has 0 atom stereocenters. The number of anilines is 1. The summed E-state index contributed by atoms with van der Waals surface area (Å²) in [7, 11) is 0. The first-order valence-corrected chi connectivity index (χ1v) is 8.15. The second kappa shape index (κ2) is 8.87. The van der Waals surface area contributed by atoms with Crippen LogP contribution in [0.5, 0.6) is 0 Å². The third-order valence-corrected chi connectivity index (χ3v) is 3.44. The third kappa shape index (κ3) is 5.88. The summed E-state index contributed by atoms with van der Waals surface area (Å²) in [6.07, 6.45) is 1.12. The Bertz CT molecular complexity index is 663. The van der Waals surface area contributed by atoms with Gasteiger partial charge in [0.05, 0.1) is 12.2 Å². The quantitative estimate of drug-likeness (QED) is 0.781. The Kier molecular flexibility index (Phi) is 6.55. The fourth-order valence-electron chi connectivity index (χ4n) is 2.14. The van der Waals surface area contributed by atoms with Gasteiger partial charge in [0.1, 0.15) is 0 Å². The molecule has 1 N–H and O–H groups in total.